The van der Waals surface area contributed by atoms with Gasteiger partial charge in [0.25, 0.3) is 0 Å². The van der Waals surface area contributed by atoms with Crippen LogP contribution in [0.3, 0.4) is 0 Å². The van der Waals surface area contributed by atoms with E-state index in [9.17, 15) is 4.79 Å². The average Bonchev–Trinajstić information content (AvgIpc) is 3.00. The number of hydrogen-bond donors (Lipinski definition) is 0. The Morgan fingerprint density at radius 1 is 1.48 bits per heavy atom. The highest BCUT2D eigenvalue weighted by molar-refractivity contribution is 5.76. The fourth-order valence-electron chi connectivity index (χ4n) is 2.48. The summed E-state index contributed by atoms with van der Waals surface area (Å²) >= 11 is 0. The van der Waals surface area contributed by atoms with Crippen LogP contribution in [0.2, 0.25) is 0 Å². The lowest BCUT2D eigenvalue weighted by Crippen LogP contribution is -2.43. The molecule has 6 heteroatoms. The number of aryl methyl sites for hydroxylation is 1. The van der Waals surface area contributed by atoms with E-state index in [1.165, 1.54) is 0 Å². The van der Waals surface area contributed by atoms with Crippen LogP contribution in [0.25, 0.3) is 0 Å². The standard InChI is InChI=1S/C15H18N4O2/c1-12-8-13(2-3-17-12)14-9-19(6-7-21-14)15(20)10-18-5-4-16-11-18/h2-5,8,11,14H,6-7,9-10H2,1H3/t14-/m1/s1. The maximum absolute atomic E-state index is 12.3. The molecule has 1 aliphatic rings. The van der Waals surface area contributed by atoms with Crippen LogP contribution in [-0.2, 0) is 16.1 Å². The number of morpholine rings is 1. The number of carbonyl (C=O) groups is 1. The van der Waals surface area contributed by atoms with E-state index in [-0.39, 0.29) is 12.0 Å². The third kappa shape index (κ3) is 3.28. The lowest BCUT2D eigenvalue weighted by molar-refractivity contribution is -0.139. The lowest BCUT2D eigenvalue weighted by Gasteiger charge is -2.33. The van der Waals surface area contributed by atoms with E-state index in [1.54, 1.807) is 29.5 Å². The van der Waals surface area contributed by atoms with Gasteiger partial charge in [-0.05, 0) is 24.6 Å². The second-order valence-corrected chi connectivity index (χ2v) is 5.16. The Balaban J connectivity index is 1.66. The Morgan fingerprint density at radius 3 is 3.14 bits per heavy atom. The molecule has 1 fully saturated rings. The zero-order chi connectivity index (χ0) is 14.7. The SMILES string of the molecule is Cc1cc([C@H]2CN(C(=O)Cn3ccnc3)CCO2)ccn1. The van der Waals surface area contributed by atoms with Gasteiger partial charge in [-0.15, -0.1) is 0 Å². The summed E-state index contributed by atoms with van der Waals surface area (Å²) in [6.45, 7) is 4.04. The second kappa shape index (κ2) is 6.05. The molecule has 0 unspecified atom stereocenters. The van der Waals surface area contributed by atoms with E-state index in [4.69, 9.17) is 4.74 Å². The van der Waals surface area contributed by atoms with Gasteiger partial charge in [0.1, 0.15) is 12.6 Å². The molecule has 3 heterocycles. The summed E-state index contributed by atoms with van der Waals surface area (Å²) in [5, 5.41) is 0. The molecular formula is C15H18N4O2. The summed E-state index contributed by atoms with van der Waals surface area (Å²) in [5.74, 6) is 0.0899. The molecule has 1 saturated heterocycles. The van der Waals surface area contributed by atoms with Crippen molar-refractivity contribution in [3.8, 4) is 0 Å². The topological polar surface area (TPSA) is 60.2 Å². The van der Waals surface area contributed by atoms with Gasteiger partial charge < -0.3 is 14.2 Å². The molecule has 3 rings (SSSR count). The average molecular weight is 286 g/mol. The molecule has 21 heavy (non-hydrogen) atoms. The van der Waals surface area contributed by atoms with Crippen LogP contribution < -0.4 is 0 Å². The third-order valence-corrected chi connectivity index (χ3v) is 3.59. The summed E-state index contributed by atoms with van der Waals surface area (Å²) in [4.78, 5) is 22.3. The maximum Gasteiger partial charge on any atom is 0.242 e. The first-order valence-electron chi connectivity index (χ1n) is 7.00. The summed E-state index contributed by atoms with van der Waals surface area (Å²) in [7, 11) is 0. The second-order valence-electron chi connectivity index (χ2n) is 5.16. The number of nitrogens with zero attached hydrogens (tertiary/aromatic N) is 4. The van der Waals surface area contributed by atoms with Crippen molar-refractivity contribution in [2.24, 2.45) is 0 Å². The van der Waals surface area contributed by atoms with E-state index in [2.05, 4.69) is 9.97 Å². The van der Waals surface area contributed by atoms with Crippen molar-refractivity contribution >= 4 is 5.91 Å². The molecule has 2 aromatic rings. The Hall–Kier alpha value is -2.21. The molecule has 0 spiro atoms. The minimum Gasteiger partial charge on any atom is -0.370 e. The van der Waals surface area contributed by atoms with Gasteiger partial charge in [0.2, 0.25) is 5.91 Å². The highest BCUT2D eigenvalue weighted by Crippen LogP contribution is 2.22. The molecule has 6 nitrogen and oxygen atoms in total. The Bertz CT molecular complexity index is 612. The quantitative estimate of drug-likeness (QED) is 0.850. The van der Waals surface area contributed by atoms with Gasteiger partial charge in [-0.1, -0.05) is 0 Å². The fourth-order valence-corrected chi connectivity index (χ4v) is 2.48. The molecule has 0 aromatic carbocycles. The minimum absolute atomic E-state index is 0.0767. The van der Waals surface area contributed by atoms with Crippen LogP contribution in [0.5, 0.6) is 0 Å². The number of imidazole rings is 1. The normalized spacial score (nSPS) is 18.7. The van der Waals surface area contributed by atoms with E-state index in [0.29, 0.717) is 26.2 Å². The molecule has 0 bridgehead atoms. The number of ether oxygens (including phenoxy) is 1. The zero-order valence-electron chi connectivity index (χ0n) is 12.0. The van der Waals surface area contributed by atoms with E-state index >= 15 is 0 Å². The summed E-state index contributed by atoms with van der Waals surface area (Å²) in [6, 6.07) is 3.95. The number of aromatic nitrogens is 3. The molecule has 0 N–H and O–H groups in total. The van der Waals surface area contributed by atoms with Gasteiger partial charge in [0.05, 0.1) is 19.5 Å². The lowest BCUT2D eigenvalue weighted by atomic mass is 10.1. The van der Waals surface area contributed by atoms with Crippen molar-refractivity contribution in [2.75, 3.05) is 19.7 Å². The number of hydrogen-bond acceptors (Lipinski definition) is 4. The number of rotatable bonds is 3. The van der Waals surface area contributed by atoms with Crippen molar-refractivity contribution in [1.82, 2.24) is 19.4 Å². The van der Waals surface area contributed by atoms with Crippen molar-refractivity contribution in [1.29, 1.82) is 0 Å². The van der Waals surface area contributed by atoms with Crippen LogP contribution in [0, 0.1) is 6.92 Å². The van der Waals surface area contributed by atoms with Crippen LogP contribution in [0.15, 0.2) is 37.1 Å². The van der Waals surface area contributed by atoms with Crippen molar-refractivity contribution < 1.29 is 9.53 Å². The van der Waals surface area contributed by atoms with Gasteiger partial charge in [-0.2, -0.15) is 0 Å². The molecule has 0 radical (unpaired) electrons. The molecule has 0 saturated carbocycles. The van der Waals surface area contributed by atoms with Crippen LogP contribution in [0.1, 0.15) is 17.4 Å². The highest BCUT2D eigenvalue weighted by Gasteiger charge is 2.25. The van der Waals surface area contributed by atoms with Gasteiger partial charge in [0, 0.05) is 30.8 Å². The summed E-state index contributed by atoms with van der Waals surface area (Å²) in [6.07, 6.45) is 6.83. The van der Waals surface area contributed by atoms with E-state index in [1.807, 2.05) is 24.0 Å². The number of carbonyl (C=O) groups excluding carboxylic acids is 1. The summed E-state index contributed by atoms with van der Waals surface area (Å²) in [5.41, 5.74) is 2.03. The van der Waals surface area contributed by atoms with Gasteiger partial charge in [-0.25, -0.2) is 4.98 Å². The van der Waals surface area contributed by atoms with Crippen LogP contribution in [-0.4, -0.2) is 45.0 Å². The molecule has 2 aromatic heterocycles. The van der Waals surface area contributed by atoms with Crippen molar-refractivity contribution in [3.05, 3.63) is 48.3 Å². The first-order chi connectivity index (χ1) is 10.2. The van der Waals surface area contributed by atoms with E-state index in [0.717, 1.165) is 11.3 Å². The Kier molecular flexibility index (Phi) is 3.96. The fraction of sp³-hybridized carbons (Fsp3) is 0.400. The number of pyridine rings is 1. The first kappa shape index (κ1) is 13.8. The van der Waals surface area contributed by atoms with Gasteiger partial charge in [0.15, 0.2) is 0 Å². The summed E-state index contributed by atoms with van der Waals surface area (Å²) < 4.78 is 7.57. The minimum atomic E-state index is -0.0767. The molecule has 1 aliphatic heterocycles. The Labute approximate surface area is 123 Å². The maximum atomic E-state index is 12.3. The third-order valence-electron chi connectivity index (χ3n) is 3.59. The zero-order valence-corrected chi connectivity index (χ0v) is 12.0. The van der Waals surface area contributed by atoms with Crippen molar-refractivity contribution in [3.63, 3.8) is 0 Å². The largest absolute Gasteiger partial charge is 0.370 e. The number of amides is 1. The van der Waals surface area contributed by atoms with Gasteiger partial charge >= 0.3 is 0 Å². The first-order valence-corrected chi connectivity index (χ1v) is 7.00. The molecule has 110 valence electrons. The Morgan fingerprint density at radius 2 is 2.38 bits per heavy atom. The van der Waals surface area contributed by atoms with Crippen molar-refractivity contribution in [2.45, 2.75) is 19.6 Å². The van der Waals surface area contributed by atoms with E-state index < -0.39 is 0 Å². The predicted octanol–water partition coefficient (Wildman–Crippen LogP) is 1.19. The smallest absolute Gasteiger partial charge is 0.242 e. The molecule has 1 amide bonds. The van der Waals surface area contributed by atoms with Crippen LogP contribution >= 0.6 is 0 Å². The highest BCUT2D eigenvalue weighted by atomic mass is 16.5. The molecular weight excluding hydrogens is 268 g/mol. The molecule has 0 aliphatic carbocycles. The monoisotopic (exact) mass is 286 g/mol. The van der Waals surface area contributed by atoms with Gasteiger partial charge in [-0.3, -0.25) is 9.78 Å². The predicted molar refractivity (Wildman–Crippen MR) is 76.5 cm³/mol. The van der Waals surface area contributed by atoms with Crippen LogP contribution in [0.4, 0.5) is 0 Å². The molecule has 1 atom stereocenters.